The van der Waals surface area contributed by atoms with E-state index in [2.05, 4.69) is 24.8 Å². The molecule has 2 nitrogen and oxygen atoms in total. The number of rotatable bonds is 6. The third-order valence-corrected chi connectivity index (χ3v) is 4.54. The molecule has 0 aromatic heterocycles. The Morgan fingerprint density at radius 2 is 2.12 bits per heavy atom. The number of fused-ring (bicyclic) bond motifs is 2. The van der Waals surface area contributed by atoms with Gasteiger partial charge < -0.3 is 4.90 Å². The summed E-state index contributed by atoms with van der Waals surface area (Å²) in [6, 6.07) is 2.29. The van der Waals surface area contributed by atoms with Crippen molar-refractivity contribution < 1.29 is 0 Å². The molecule has 3 atom stereocenters. The average molecular weight is 234 g/mol. The van der Waals surface area contributed by atoms with E-state index in [1.165, 1.54) is 32.2 Å². The number of nitrogens with zero attached hydrogens (tertiary/aromatic N) is 2. The van der Waals surface area contributed by atoms with Crippen LogP contribution < -0.4 is 0 Å². The molecule has 2 saturated carbocycles. The van der Waals surface area contributed by atoms with E-state index in [0.717, 1.165) is 30.8 Å². The second kappa shape index (κ2) is 5.87. The fourth-order valence-corrected chi connectivity index (χ4v) is 3.91. The van der Waals surface area contributed by atoms with Gasteiger partial charge in [0.15, 0.2) is 0 Å². The molecule has 17 heavy (non-hydrogen) atoms. The number of hydrogen-bond donors (Lipinski definition) is 0. The minimum atomic E-state index is 0.688. The van der Waals surface area contributed by atoms with Crippen molar-refractivity contribution in [1.82, 2.24) is 4.90 Å². The molecule has 0 aliphatic heterocycles. The lowest BCUT2D eigenvalue weighted by atomic mass is 9.88. The van der Waals surface area contributed by atoms with Gasteiger partial charge in [0, 0.05) is 26.1 Å². The van der Waals surface area contributed by atoms with E-state index >= 15 is 0 Å². The molecule has 2 rings (SSSR count). The molecule has 96 valence electrons. The van der Waals surface area contributed by atoms with E-state index < -0.39 is 0 Å². The van der Waals surface area contributed by atoms with Crippen LogP contribution in [0.3, 0.4) is 0 Å². The predicted octanol–water partition coefficient (Wildman–Crippen LogP) is 3.29. The van der Waals surface area contributed by atoms with Crippen molar-refractivity contribution in [2.24, 2.45) is 23.7 Å². The summed E-state index contributed by atoms with van der Waals surface area (Å²) in [6.45, 7) is 7.94. The molecule has 2 aliphatic carbocycles. The van der Waals surface area contributed by atoms with Crippen LogP contribution in [-0.2, 0) is 0 Å². The quantitative estimate of drug-likeness (QED) is 0.705. The smallest absolute Gasteiger partial charge is 0.0635 e. The molecule has 2 aliphatic rings. The van der Waals surface area contributed by atoms with Crippen LogP contribution in [0.4, 0.5) is 0 Å². The molecule has 2 fully saturated rings. The lowest BCUT2D eigenvalue weighted by molar-refractivity contribution is 0.177. The fraction of sp³-hybridized carbons (Fsp3) is 0.933. The highest BCUT2D eigenvalue weighted by molar-refractivity contribution is 4.91. The fourth-order valence-electron chi connectivity index (χ4n) is 3.91. The zero-order valence-corrected chi connectivity index (χ0v) is 11.4. The van der Waals surface area contributed by atoms with Gasteiger partial charge >= 0.3 is 0 Å². The van der Waals surface area contributed by atoms with Crippen molar-refractivity contribution in [2.75, 3.05) is 19.6 Å². The van der Waals surface area contributed by atoms with Gasteiger partial charge in [-0.1, -0.05) is 20.3 Å². The van der Waals surface area contributed by atoms with E-state index in [1.807, 2.05) is 0 Å². The van der Waals surface area contributed by atoms with Gasteiger partial charge in [-0.25, -0.2) is 0 Å². The standard InChI is InChI=1S/C15H26N2/c1-12(2)10-17(7-3-6-16)11-15-9-13-4-5-14(15)8-13/h12-15H,3-5,7-11H2,1-2H3. The Kier molecular flexibility index (Phi) is 4.45. The van der Waals surface area contributed by atoms with Crippen LogP contribution in [0.1, 0.15) is 46.0 Å². The molecule has 0 saturated heterocycles. The summed E-state index contributed by atoms with van der Waals surface area (Å²) in [6.07, 6.45) is 6.62. The van der Waals surface area contributed by atoms with Crippen LogP contribution in [0.2, 0.25) is 0 Å². The highest BCUT2D eigenvalue weighted by Gasteiger charge is 2.39. The summed E-state index contributed by atoms with van der Waals surface area (Å²) >= 11 is 0. The lowest BCUT2D eigenvalue weighted by Crippen LogP contribution is -2.35. The molecule has 3 unspecified atom stereocenters. The van der Waals surface area contributed by atoms with Crippen molar-refractivity contribution in [3.8, 4) is 6.07 Å². The second-order valence-corrected chi connectivity index (χ2v) is 6.50. The largest absolute Gasteiger partial charge is 0.302 e. The molecule has 0 radical (unpaired) electrons. The van der Waals surface area contributed by atoms with E-state index in [9.17, 15) is 0 Å². The summed E-state index contributed by atoms with van der Waals surface area (Å²) in [7, 11) is 0. The van der Waals surface area contributed by atoms with E-state index in [1.54, 1.807) is 0 Å². The summed E-state index contributed by atoms with van der Waals surface area (Å²) in [4.78, 5) is 2.54. The van der Waals surface area contributed by atoms with Gasteiger partial charge in [0.25, 0.3) is 0 Å². The maximum Gasteiger partial charge on any atom is 0.0635 e. The van der Waals surface area contributed by atoms with Crippen LogP contribution in [-0.4, -0.2) is 24.5 Å². The third-order valence-electron chi connectivity index (χ3n) is 4.54. The number of nitriles is 1. The third kappa shape index (κ3) is 3.45. The first-order chi connectivity index (χ1) is 8.19. The minimum Gasteiger partial charge on any atom is -0.302 e. The van der Waals surface area contributed by atoms with E-state index in [-0.39, 0.29) is 0 Å². The molecular weight excluding hydrogens is 208 g/mol. The molecule has 2 heteroatoms. The van der Waals surface area contributed by atoms with Crippen LogP contribution in [0.15, 0.2) is 0 Å². The van der Waals surface area contributed by atoms with Gasteiger partial charge in [-0.05, 0) is 42.9 Å². The minimum absolute atomic E-state index is 0.688. The van der Waals surface area contributed by atoms with Crippen molar-refractivity contribution in [3.05, 3.63) is 0 Å². The maximum absolute atomic E-state index is 8.74. The topological polar surface area (TPSA) is 27.0 Å². The Morgan fingerprint density at radius 1 is 1.29 bits per heavy atom. The van der Waals surface area contributed by atoms with Crippen LogP contribution in [0, 0.1) is 35.0 Å². The van der Waals surface area contributed by atoms with Gasteiger partial charge in [-0.15, -0.1) is 0 Å². The first kappa shape index (κ1) is 12.9. The molecule has 0 N–H and O–H groups in total. The Labute approximate surface area is 106 Å². The average Bonchev–Trinajstić information content (AvgIpc) is 2.86. The van der Waals surface area contributed by atoms with E-state index in [0.29, 0.717) is 12.3 Å². The monoisotopic (exact) mass is 234 g/mol. The molecule has 0 aromatic rings. The molecule has 0 aromatic carbocycles. The highest BCUT2D eigenvalue weighted by atomic mass is 15.1. The SMILES string of the molecule is CC(C)CN(CCC#N)CC1CC2CCC1C2. The van der Waals surface area contributed by atoms with Gasteiger partial charge in [0.2, 0.25) is 0 Å². The van der Waals surface area contributed by atoms with Gasteiger partial charge in [0.1, 0.15) is 0 Å². The molecule has 0 amide bonds. The highest BCUT2D eigenvalue weighted by Crippen LogP contribution is 2.48. The first-order valence-electron chi connectivity index (χ1n) is 7.28. The van der Waals surface area contributed by atoms with Crippen molar-refractivity contribution in [2.45, 2.75) is 46.0 Å². The first-order valence-corrected chi connectivity index (χ1v) is 7.28. The summed E-state index contributed by atoms with van der Waals surface area (Å²) in [5.41, 5.74) is 0. The summed E-state index contributed by atoms with van der Waals surface area (Å²) in [5, 5.41) is 8.74. The van der Waals surface area contributed by atoms with Crippen LogP contribution in [0.25, 0.3) is 0 Å². The Morgan fingerprint density at radius 3 is 2.65 bits per heavy atom. The predicted molar refractivity (Wildman–Crippen MR) is 70.4 cm³/mol. The number of hydrogen-bond acceptors (Lipinski definition) is 2. The molecular formula is C15H26N2. The second-order valence-electron chi connectivity index (χ2n) is 6.50. The van der Waals surface area contributed by atoms with Crippen molar-refractivity contribution in [1.29, 1.82) is 5.26 Å². The van der Waals surface area contributed by atoms with Gasteiger partial charge in [-0.3, -0.25) is 0 Å². The van der Waals surface area contributed by atoms with Gasteiger partial charge in [0.05, 0.1) is 6.07 Å². The normalized spacial score (nSPS) is 31.4. The van der Waals surface area contributed by atoms with Crippen LogP contribution in [0.5, 0.6) is 0 Å². The van der Waals surface area contributed by atoms with Crippen molar-refractivity contribution >= 4 is 0 Å². The summed E-state index contributed by atoms with van der Waals surface area (Å²) in [5.74, 6) is 3.71. The molecule has 2 bridgehead atoms. The lowest BCUT2D eigenvalue weighted by Gasteiger charge is -2.30. The zero-order chi connectivity index (χ0) is 12.3. The molecule has 0 spiro atoms. The van der Waals surface area contributed by atoms with E-state index in [4.69, 9.17) is 5.26 Å². The Balaban J connectivity index is 1.82. The Hall–Kier alpha value is -0.550. The zero-order valence-electron chi connectivity index (χ0n) is 11.4. The van der Waals surface area contributed by atoms with Crippen molar-refractivity contribution in [3.63, 3.8) is 0 Å². The maximum atomic E-state index is 8.74. The Bertz CT molecular complexity index is 279. The summed E-state index contributed by atoms with van der Waals surface area (Å²) < 4.78 is 0. The van der Waals surface area contributed by atoms with Gasteiger partial charge in [-0.2, -0.15) is 5.26 Å². The van der Waals surface area contributed by atoms with Crippen LogP contribution >= 0.6 is 0 Å². The molecule has 0 heterocycles.